The normalized spacial score (nSPS) is 11.8. The Balaban J connectivity index is 1.16. The summed E-state index contributed by atoms with van der Waals surface area (Å²) in [4.78, 5) is 15.4. The van der Waals surface area contributed by atoms with Crippen molar-refractivity contribution in [3.63, 3.8) is 0 Å². The number of para-hydroxylation sites is 1. The molecule has 0 atom stereocenters. The van der Waals surface area contributed by atoms with E-state index in [0.29, 0.717) is 17.5 Å². The molecule has 5 heteroatoms. The van der Waals surface area contributed by atoms with E-state index in [1.807, 2.05) is 29.5 Å². The summed E-state index contributed by atoms with van der Waals surface area (Å²) in [5, 5.41) is 9.81. The van der Waals surface area contributed by atoms with E-state index >= 15 is 0 Å². The molecule has 4 nitrogen and oxygen atoms in total. The van der Waals surface area contributed by atoms with E-state index in [0.717, 1.165) is 26.8 Å². The summed E-state index contributed by atoms with van der Waals surface area (Å²) in [6.45, 7) is 0. The summed E-state index contributed by atoms with van der Waals surface area (Å²) in [6.07, 6.45) is 0. The number of thiophene rings is 1. The van der Waals surface area contributed by atoms with Gasteiger partial charge in [-0.2, -0.15) is 0 Å². The van der Waals surface area contributed by atoms with Crippen molar-refractivity contribution in [2.75, 3.05) is 0 Å². The average molecular weight is 681 g/mol. The number of aromatic nitrogens is 4. The van der Waals surface area contributed by atoms with Crippen LogP contribution < -0.4 is 0 Å². The average Bonchev–Trinajstić information content (AvgIpc) is 3.77. The van der Waals surface area contributed by atoms with Crippen LogP contribution in [0.15, 0.2) is 170 Å². The van der Waals surface area contributed by atoms with Crippen molar-refractivity contribution in [2.45, 2.75) is 0 Å². The van der Waals surface area contributed by atoms with Crippen molar-refractivity contribution in [1.29, 1.82) is 0 Å². The second kappa shape index (κ2) is 11.4. The van der Waals surface area contributed by atoms with Gasteiger partial charge in [0.2, 0.25) is 0 Å². The minimum atomic E-state index is 0.657. The topological polar surface area (TPSA) is 43.6 Å². The third-order valence-corrected chi connectivity index (χ3v) is 11.5. The molecule has 0 aliphatic heterocycles. The van der Waals surface area contributed by atoms with Gasteiger partial charge < -0.3 is 4.57 Å². The van der Waals surface area contributed by atoms with Gasteiger partial charge >= 0.3 is 0 Å². The molecule has 0 aliphatic carbocycles. The lowest BCUT2D eigenvalue weighted by Gasteiger charge is -2.10. The molecule has 242 valence electrons. The Bertz CT molecular complexity index is 3190. The quantitative estimate of drug-likeness (QED) is 0.186. The maximum atomic E-state index is 5.19. The molecule has 0 saturated heterocycles. The monoisotopic (exact) mass is 680 g/mol. The van der Waals surface area contributed by atoms with Crippen molar-refractivity contribution in [3.05, 3.63) is 170 Å². The third kappa shape index (κ3) is 4.43. The first-order valence-electron chi connectivity index (χ1n) is 17.5. The van der Waals surface area contributed by atoms with Gasteiger partial charge in [-0.05, 0) is 51.9 Å². The van der Waals surface area contributed by atoms with Gasteiger partial charge in [0.1, 0.15) is 0 Å². The van der Waals surface area contributed by atoms with Gasteiger partial charge in [-0.3, -0.25) is 0 Å². The van der Waals surface area contributed by atoms with Crippen LogP contribution in [0.3, 0.4) is 0 Å². The second-order valence-corrected chi connectivity index (χ2v) is 14.2. The van der Waals surface area contributed by atoms with Gasteiger partial charge in [0, 0.05) is 42.9 Å². The summed E-state index contributed by atoms with van der Waals surface area (Å²) in [6, 6.07) is 60.2. The van der Waals surface area contributed by atoms with Crippen molar-refractivity contribution in [2.24, 2.45) is 0 Å². The molecule has 0 aliphatic rings. The molecule has 8 aromatic carbocycles. The molecule has 0 spiro atoms. The van der Waals surface area contributed by atoms with Gasteiger partial charge in [-0.15, -0.1) is 11.3 Å². The second-order valence-electron chi connectivity index (χ2n) is 13.2. The largest absolute Gasteiger partial charge is 0.308 e. The molecule has 0 amide bonds. The third-order valence-electron chi connectivity index (χ3n) is 10.2. The molecule has 52 heavy (non-hydrogen) atoms. The van der Waals surface area contributed by atoms with E-state index in [4.69, 9.17) is 15.0 Å². The van der Waals surface area contributed by atoms with E-state index in [1.54, 1.807) is 0 Å². The molecular formula is C47H28N4S. The molecule has 3 heterocycles. The molecule has 0 bridgehead atoms. The van der Waals surface area contributed by atoms with Crippen LogP contribution in [0.5, 0.6) is 0 Å². The molecule has 0 radical (unpaired) electrons. The van der Waals surface area contributed by atoms with Gasteiger partial charge in [0.25, 0.3) is 0 Å². The summed E-state index contributed by atoms with van der Waals surface area (Å²) in [5.74, 6) is 1.98. The molecule has 0 saturated carbocycles. The van der Waals surface area contributed by atoms with Crippen LogP contribution in [0, 0.1) is 0 Å². The van der Waals surface area contributed by atoms with E-state index in [-0.39, 0.29) is 0 Å². The van der Waals surface area contributed by atoms with Gasteiger partial charge in [0.15, 0.2) is 17.5 Å². The standard InChI is InChI=1S/C47H28N4S/c1-2-14-31(15-3-1)45-48-46(33-25-24-29-12-4-5-16-32(29)28-33)50-47(49-45)38-21-10-19-35-36-20-11-23-41(44(36)52-43(35)38)51-39-22-9-8-18-37(39)42-34-17-7-6-13-30(34)26-27-40(42)51/h1-28H. The number of benzene rings is 8. The minimum Gasteiger partial charge on any atom is -0.308 e. The van der Waals surface area contributed by atoms with Crippen molar-refractivity contribution >= 4 is 74.9 Å². The Morgan fingerprint density at radius 3 is 1.88 bits per heavy atom. The molecule has 0 unspecified atom stereocenters. The summed E-state index contributed by atoms with van der Waals surface area (Å²) in [5.41, 5.74) is 6.49. The van der Waals surface area contributed by atoms with Crippen LogP contribution in [0.4, 0.5) is 0 Å². The SMILES string of the molecule is c1ccc(-c2nc(-c3ccc4ccccc4c3)nc(-c3cccc4c3sc3c(-n5c6ccccc6c6c7ccccc7ccc65)cccc34)n2)cc1. The van der Waals surface area contributed by atoms with Crippen molar-refractivity contribution in [3.8, 4) is 39.9 Å². The zero-order chi connectivity index (χ0) is 34.2. The van der Waals surface area contributed by atoms with Crippen LogP contribution in [0.1, 0.15) is 0 Å². The number of nitrogens with zero attached hydrogens (tertiary/aromatic N) is 4. The Hall–Kier alpha value is -6.69. The summed E-state index contributed by atoms with van der Waals surface area (Å²) < 4.78 is 4.83. The molecule has 11 rings (SSSR count). The Labute approximate surface area is 302 Å². The fourth-order valence-corrected chi connectivity index (χ4v) is 9.14. The maximum absolute atomic E-state index is 5.19. The van der Waals surface area contributed by atoms with Crippen LogP contribution >= 0.6 is 11.3 Å². The number of hydrogen-bond donors (Lipinski definition) is 0. The number of hydrogen-bond acceptors (Lipinski definition) is 4. The lowest BCUT2D eigenvalue weighted by atomic mass is 10.0. The first-order valence-corrected chi connectivity index (χ1v) is 18.3. The first-order chi connectivity index (χ1) is 25.8. The van der Waals surface area contributed by atoms with E-state index < -0.39 is 0 Å². The van der Waals surface area contributed by atoms with Crippen molar-refractivity contribution < 1.29 is 0 Å². The smallest absolute Gasteiger partial charge is 0.165 e. The minimum absolute atomic E-state index is 0.657. The molecule has 0 fully saturated rings. The zero-order valence-electron chi connectivity index (χ0n) is 27.9. The van der Waals surface area contributed by atoms with Crippen LogP contribution in [-0.4, -0.2) is 19.5 Å². The van der Waals surface area contributed by atoms with Crippen LogP contribution in [0.2, 0.25) is 0 Å². The molecule has 11 aromatic rings. The highest BCUT2D eigenvalue weighted by Gasteiger charge is 2.20. The maximum Gasteiger partial charge on any atom is 0.165 e. The summed E-state index contributed by atoms with van der Waals surface area (Å²) >= 11 is 1.81. The fourth-order valence-electron chi connectivity index (χ4n) is 7.83. The zero-order valence-corrected chi connectivity index (χ0v) is 28.7. The highest BCUT2D eigenvalue weighted by atomic mass is 32.1. The van der Waals surface area contributed by atoms with Gasteiger partial charge in [-0.1, -0.05) is 140 Å². The predicted octanol–water partition coefficient (Wildman–Crippen LogP) is 12.6. The summed E-state index contributed by atoms with van der Waals surface area (Å²) in [7, 11) is 0. The van der Waals surface area contributed by atoms with E-state index in [1.165, 1.54) is 59.1 Å². The Kier molecular flexibility index (Phi) is 6.39. The number of fused-ring (bicyclic) bond motifs is 9. The Morgan fingerprint density at radius 2 is 1.02 bits per heavy atom. The van der Waals surface area contributed by atoms with Crippen LogP contribution in [-0.2, 0) is 0 Å². The predicted molar refractivity (Wildman–Crippen MR) is 218 cm³/mol. The highest BCUT2D eigenvalue weighted by Crippen LogP contribution is 2.44. The first kappa shape index (κ1) is 29.1. The van der Waals surface area contributed by atoms with Gasteiger partial charge in [-0.25, -0.2) is 15.0 Å². The van der Waals surface area contributed by atoms with Gasteiger partial charge in [0.05, 0.1) is 21.4 Å². The molecule has 0 N–H and O–H groups in total. The van der Waals surface area contributed by atoms with Crippen LogP contribution in [0.25, 0.3) is 103 Å². The Morgan fingerprint density at radius 1 is 0.385 bits per heavy atom. The lowest BCUT2D eigenvalue weighted by Crippen LogP contribution is -2.00. The highest BCUT2D eigenvalue weighted by molar-refractivity contribution is 7.26. The lowest BCUT2D eigenvalue weighted by molar-refractivity contribution is 1.08. The number of rotatable bonds is 4. The fraction of sp³-hybridized carbons (Fsp3) is 0. The molecule has 3 aromatic heterocycles. The van der Waals surface area contributed by atoms with Crippen molar-refractivity contribution in [1.82, 2.24) is 19.5 Å². The van der Waals surface area contributed by atoms with E-state index in [9.17, 15) is 0 Å². The van der Waals surface area contributed by atoms with E-state index in [2.05, 4.69) is 156 Å². The molecular weight excluding hydrogens is 653 g/mol.